The van der Waals surface area contributed by atoms with E-state index in [0.717, 1.165) is 0 Å². The molecule has 25 heavy (non-hydrogen) atoms. The molecule has 0 spiro atoms. The summed E-state index contributed by atoms with van der Waals surface area (Å²) in [6, 6.07) is 14.5. The van der Waals surface area contributed by atoms with Crippen LogP contribution in [0.2, 0.25) is 0 Å². The fourth-order valence-electron chi connectivity index (χ4n) is 2.60. The van der Waals surface area contributed by atoms with Gasteiger partial charge in [0.2, 0.25) is 0 Å². The molecule has 4 aromatic rings. The van der Waals surface area contributed by atoms with Gasteiger partial charge in [0.05, 0.1) is 16.6 Å². The van der Waals surface area contributed by atoms with Crippen molar-refractivity contribution in [3.05, 3.63) is 66.0 Å². The number of aromatic amines is 1. The molecule has 2 heterocycles. The van der Waals surface area contributed by atoms with Crippen molar-refractivity contribution in [1.29, 1.82) is 0 Å². The van der Waals surface area contributed by atoms with Crippen LogP contribution in [-0.4, -0.2) is 21.1 Å². The van der Waals surface area contributed by atoms with E-state index in [2.05, 4.69) is 9.97 Å². The molecule has 7 heteroatoms. The normalized spacial score (nSPS) is 11.0. The molecule has 0 radical (unpaired) electrons. The summed E-state index contributed by atoms with van der Waals surface area (Å²) in [6.45, 7) is 0. The summed E-state index contributed by atoms with van der Waals surface area (Å²) in [4.78, 5) is 18.9. The largest absolute Gasteiger partial charge is 0.453 e. The van der Waals surface area contributed by atoms with Crippen LogP contribution in [0.25, 0.3) is 33.9 Å². The molecule has 0 aliphatic carbocycles. The molecular formula is C18H12FN3O3. The van der Waals surface area contributed by atoms with Gasteiger partial charge in [-0.2, -0.15) is 0 Å². The number of benzene rings is 2. The van der Waals surface area contributed by atoms with Crippen molar-refractivity contribution in [1.82, 2.24) is 15.4 Å². The van der Waals surface area contributed by atoms with Crippen molar-refractivity contribution in [2.24, 2.45) is 0 Å². The second-order valence-electron chi connectivity index (χ2n) is 5.40. The summed E-state index contributed by atoms with van der Waals surface area (Å²) < 4.78 is 19.6. The first-order valence-corrected chi connectivity index (χ1v) is 7.45. The van der Waals surface area contributed by atoms with Crippen molar-refractivity contribution in [2.75, 3.05) is 0 Å². The first kappa shape index (κ1) is 15.1. The molecule has 0 saturated carbocycles. The standard InChI is InChI=1S/C18H12FN3O3/c19-12-4-2-1-3-11(12)15-7-8-16(25-15)17-20-13-6-5-10(18(23)22-24)9-14(13)21-17/h1-9,24H,(H,20,21)(H,22,23). The van der Waals surface area contributed by atoms with Gasteiger partial charge in [0.1, 0.15) is 11.6 Å². The van der Waals surface area contributed by atoms with Crippen molar-refractivity contribution >= 4 is 16.9 Å². The van der Waals surface area contributed by atoms with Gasteiger partial charge in [0, 0.05) is 5.56 Å². The van der Waals surface area contributed by atoms with E-state index in [4.69, 9.17) is 9.62 Å². The Labute approximate surface area is 140 Å². The average molecular weight is 337 g/mol. The fourth-order valence-corrected chi connectivity index (χ4v) is 2.60. The minimum Gasteiger partial charge on any atom is -0.453 e. The molecule has 2 aromatic heterocycles. The molecule has 0 fully saturated rings. The lowest BCUT2D eigenvalue weighted by molar-refractivity contribution is 0.0706. The number of hydrogen-bond acceptors (Lipinski definition) is 4. The second kappa shape index (κ2) is 5.88. The summed E-state index contributed by atoms with van der Waals surface area (Å²) in [6.07, 6.45) is 0. The van der Waals surface area contributed by atoms with E-state index in [-0.39, 0.29) is 11.4 Å². The number of nitrogens with zero attached hydrogens (tertiary/aromatic N) is 1. The number of fused-ring (bicyclic) bond motifs is 1. The zero-order valence-corrected chi connectivity index (χ0v) is 12.8. The van der Waals surface area contributed by atoms with Crippen LogP contribution in [0.1, 0.15) is 10.4 Å². The number of rotatable bonds is 3. The van der Waals surface area contributed by atoms with Crippen molar-refractivity contribution in [3.63, 3.8) is 0 Å². The number of carbonyl (C=O) groups excluding carboxylic acids is 1. The maximum atomic E-state index is 13.9. The SMILES string of the molecule is O=C(NO)c1ccc2nc(-c3ccc(-c4ccccc4F)o3)[nH]c2c1. The number of imidazole rings is 1. The Kier molecular flexibility index (Phi) is 3.55. The number of furan rings is 1. The number of nitrogens with one attached hydrogen (secondary N) is 2. The molecule has 0 aliphatic rings. The third-order valence-corrected chi connectivity index (χ3v) is 3.82. The summed E-state index contributed by atoms with van der Waals surface area (Å²) in [7, 11) is 0. The third kappa shape index (κ3) is 2.66. The Morgan fingerprint density at radius 1 is 1.12 bits per heavy atom. The Bertz CT molecular complexity index is 1080. The molecule has 0 saturated heterocycles. The number of H-pyrrole nitrogens is 1. The number of hydroxylamine groups is 1. The minimum absolute atomic E-state index is 0.289. The molecule has 2 aromatic carbocycles. The van der Waals surface area contributed by atoms with Gasteiger partial charge in [0.15, 0.2) is 11.6 Å². The highest BCUT2D eigenvalue weighted by molar-refractivity contribution is 5.97. The monoisotopic (exact) mass is 337 g/mol. The Morgan fingerprint density at radius 3 is 2.72 bits per heavy atom. The van der Waals surface area contributed by atoms with Crippen molar-refractivity contribution in [3.8, 4) is 22.9 Å². The van der Waals surface area contributed by atoms with Crippen LogP contribution in [0.15, 0.2) is 59.0 Å². The molecule has 3 N–H and O–H groups in total. The van der Waals surface area contributed by atoms with Crippen molar-refractivity contribution < 1.29 is 18.8 Å². The number of carbonyl (C=O) groups is 1. The maximum absolute atomic E-state index is 13.9. The second-order valence-corrected chi connectivity index (χ2v) is 5.40. The molecule has 1 amide bonds. The summed E-state index contributed by atoms with van der Waals surface area (Å²) in [5.41, 5.74) is 3.48. The highest BCUT2D eigenvalue weighted by atomic mass is 19.1. The molecule has 0 aliphatic heterocycles. The van der Waals surface area contributed by atoms with Gasteiger partial charge in [-0.05, 0) is 42.5 Å². The molecule has 4 rings (SSSR count). The highest BCUT2D eigenvalue weighted by Crippen LogP contribution is 2.29. The van der Waals surface area contributed by atoms with Gasteiger partial charge in [-0.3, -0.25) is 10.0 Å². The number of halogens is 1. The van der Waals surface area contributed by atoms with E-state index in [1.54, 1.807) is 54.0 Å². The predicted octanol–water partition coefficient (Wildman–Crippen LogP) is 3.75. The fraction of sp³-hybridized carbons (Fsp3) is 0. The van der Waals surface area contributed by atoms with E-state index in [1.807, 2.05) is 0 Å². The van der Waals surface area contributed by atoms with E-state index >= 15 is 0 Å². The molecule has 0 atom stereocenters. The van der Waals surface area contributed by atoms with Crippen LogP contribution < -0.4 is 5.48 Å². The van der Waals surface area contributed by atoms with Gasteiger partial charge in [-0.1, -0.05) is 12.1 Å². The molecular weight excluding hydrogens is 325 g/mol. The lowest BCUT2D eigenvalue weighted by Gasteiger charge is -1.98. The number of amides is 1. The van der Waals surface area contributed by atoms with Gasteiger partial charge >= 0.3 is 0 Å². The zero-order chi connectivity index (χ0) is 17.4. The molecule has 0 unspecified atom stereocenters. The average Bonchev–Trinajstić information content (AvgIpc) is 3.27. The van der Waals surface area contributed by atoms with E-state index in [0.29, 0.717) is 33.9 Å². The zero-order valence-electron chi connectivity index (χ0n) is 12.8. The molecule has 6 nitrogen and oxygen atoms in total. The van der Waals surface area contributed by atoms with Crippen LogP contribution in [0.3, 0.4) is 0 Å². The predicted molar refractivity (Wildman–Crippen MR) is 88.4 cm³/mol. The first-order valence-electron chi connectivity index (χ1n) is 7.45. The maximum Gasteiger partial charge on any atom is 0.274 e. The Morgan fingerprint density at radius 2 is 1.92 bits per heavy atom. The van der Waals surface area contributed by atoms with Gasteiger partial charge in [-0.15, -0.1) is 0 Å². The summed E-state index contributed by atoms with van der Waals surface area (Å²) in [5.74, 6) is 0.321. The molecule has 0 bridgehead atoms. The Hall–Kier alpha value is -3.45. The summed E-state index contributed by atoms with van der Waals surface area (Å²) in [5, 5.41) is 8.71. The van der Waals surface area contributed by atoms with E-state index in [9.17, 15) is 9.18 Å². The minimum atomic E-state index is -0.613. The quantitative estimate of drug-likeness (QED) is 0.392. The van der Waals surface area contributed by atoms with Gasteiger partial charge in [0.25, 0.3) is 5.91 Å². The van der Waals surface area contributed by atoms with E-state index < -0.39 is 5.91 Å². The lowest BCUT2D eigenvalue weighted by atomic mass is 10.1. The number of hydrogen-bond donors (Lipinski definition) is 3. The lowest BCUT2D eigenvalue weighted by Crippen LogP contribution is -2.18. The van der Waals surface area contributed by atoms with Gasteiger partial charge in [-0.25, -0.2) is 14.9 Å². The first-order chi connectivity index (χ1) is 12.2. The number of aromatic nitrogens is 2. The van der Waals surface area contributed by atoms with Gasteiger partial charge < -0.3 is 9.40 Å². The van der Waals surface area contributed by atoms with Crippen LogP contribution in [0.4, 0.5) is 4.39 Å². The molecule has 124 valence electrons. The van der Waals surface area contributed by atoms with Crippen LogP contribution in [0.5, 0.6) is 0 Å². The smallest absolute Gasteiger partial charge is 0.274 e. The highest BCUT2D eigenvalue weighted by Gasteiger charge is 2.14. The van der Waals surface area contributed by atoms with Crippen molar-refractivity contribution in [2.45, 2.75) is 0 Å². The van der Waals surface area contributed by atoms with E-state index in [1.165, 1.54) is 6.07 Å². The third-order valence-electron chi connectivity index (χ3n) is 3.82. The van der Waals surface area contributed by atoms with Crippen LogP contribution in [-0.2, 0) is 0 Å². The van der Waals surface area contributed by atoms with Crippen LogP contribution in [0, 0.1) is 5.82 Å². The van der Waals surface area contributed by atoms with Crippen LogP contribution >= 0.6 is 0 Å². The topological polar surface area (TPSA) is 91.2 Å². The Balaban J connectivity index is 1.73. The summed E-state index contributed by atoms with van der Waals surface area (Å²) >= 11 is 0.